The number of hydrogen-bond acceptors (Lipinski definition) is 3. The third kappa shape index (κ3) is 4.22. The van der Waals surface area contributed by atoms with Crippen molar-refractivity contribution in [2.75, 3.05) is 26.2 Å². The lowest BCUT2D eigenvalue weighted by atomic mass is 9.97. The van der Waals surface area contributed by atoms with Gasteiger partial charge >= 0.3 is 0 Å². The van der Waals surface area contributed by atoms with Crippen LogP contribution in [0.4, 0.5) is 0 Å². The van der Waals surface area contributed by atoms with E-state index in [0.717, 1.165) is 18.4 Å². The number of aromatic hydroxyl groups is 1. The number of nitrogens with zero attached hydrogens (tertiary/aromatic N) is 1. The van der Waals surface area contributed by atoms with E-state index in [9.17, 15) is 5.11 Å². The maximum atomic E-state index is 9.61. The average molecular weight is 274 g/mol. The summed E-state index contributed by atoms with van der Waals surface area (Å²) >= 11 is 0. The van der Waals surface area contributed by atoms with Crippen molar-refractivity contribution in [2.45, 2.75) is 32.2 Å². The van der Waals surface area contributed by atoms with Gasteiger partial charge in [0.25, 0.3) is 0 Å². The Morgan fingerprint density at radius 2 is 1.75 bits per heavy atom. The number of piperidine rings is 1. The van der Waals surface area contributed by atoms with Crippen molar-refractivity contribution >= 4 is 0 Å². The van der Waals surface area contributed by atoms with E-state index >= 15 is 0 Å². The smallest absolute Gasteiger partial charge is 0.115 e. The predicted octanol–water partition coefficient (Wildman–Crippen LogP) is 2.60. The van der Waals surface area contributed by atoms with Crippen molar-refractivity contribution < 1.29 is 5.11 Å². The topological polar surface area (TPSA) is 35.5 Å². The highest BCUT2D eigenvalue weighted by molar-refractivity contribution is 5.27. The number of phenols is 1. The van der Waals surface area contributed by atoms with Gasteiger partial charge in [0.2, 0.25) is 0 Å². The highest BCUT2D eigenvalue weighted by Crippen LogP contribution is 2.31. The Morgan fingerprint density at radius 3 is 2.40 bits per heavy atom. The molecule has 0 amide bonds. The van der Waals surface area contributed by atoms with Gasteiger partial charge in [0.15, 0.2) is 0 Å². The highest BCUT2D eigenvalue weighted by Gasteiger charge is 2.26. The van der Waals surface area contributed by atoms with E-state index < -0.39 is 0 Å². The SMILES string of the molecule is Oc1cccc(CN(CC2CCNCC2)CC2CC2)c1. The van der Waals surface area contributed by atoms with Crippen molar-refractivity contribution in [1.29, 1.82) is 0 Å². The Labute approximate surface area is 122 Å². The van der Waals surface area contributed by atoms with Gasteiger partial charge in [0.1, 0.15) is 5.75 Å². The van der Waals surface area contributed by atoms with E-state index in [4.69, 9.17) is 0 Å². The summed E-state index contributed by atoms with van der Waals surface area (Å²) < 4.78 is 0. The molecular formula is C17H26N2O. The van der Waals surface area contributed by atoms with Crippen molar-refractivity contribution in [1.82, 2.24) is 10.2 Å². The molecule has 0 bridgehead atoms. The minimum atomic E-state index is 0.385. The second-order valence-electron chi connectivity index (χ2n) is 6.50. The van der Waals surface area contributed by atoms with Gasteiger partial charge in [-0.15, -0.1) is 0 Å². The molecule has 1 heterocycles. The largest absolute Gasteiger partial charge is 0.508 e. The summed E-state index contributed by atoms with van der Waals surface area (Å²) in [6, 6.07) is 7.73. The molecule has 3 nitrogen and oxygen atoms in total. The summed E-state index contributed by atoms with van der Waals surface area (Å²) in [6.45, 7) is 5.78. The minimum Gasteiger partial charge on any atom is -0.508 e. The van der Waals surface area contributed by atoms with E-state index in [-0.39, 0.29) is 0 Å². The van der Waals surface area contributed by atoms with Gasteiger partial charge in [0, 0.05) is 19.6 Å². The highest BCUT2D eigenvalue weighted by atomic mass is 16.3. The van der Waals surface area contributed by atoms with E-state index in [1.807, 2.05) is 12.1 Å². The molecule has 20 heavy (non-hydrogen) atoms. The molecule has 1 aliphatic heterocycles. The van der Waals surface area contributed by atoms with Crippen LogP contribution in [0.25, 0.3) is 0 Å². The molecule has 1 aromatic carbocycles. The molecule has 110 valence electrons. The zero-order valence-corrected chi connectivity index (χ0v) is 12.2. The fourth-order valence-corrected chi connectivity index (χ4v) is 3.21. The Balaban J connectivity index is 1.59. The number of benzene rings is 1. The lowest BCUT2D eigenvalue weighted by Crippen LogP contribution is -2.36. The first-order valence-corrected chi connectivity index (χ1v) is 8.00. The summed E-state index contributed by atoms with van der Waals surface area (Å²) in [4.78, 5) is 2.61. The normalized spacial score (nSPS) is 20.4. The first-order valence-electron chi connectivity index (χ1n) is 8.00. The molecule has 2 aliphatic rings. The van der Waals surface area contributed by atoms with Crippen molar-refractivity contribution in [3.8, 4) is 5.75 Å². The van der Waals surface area contributed by atoms with Crippen LogP contribution < -0.4 is 5.32 Å². The molecule has 2 N–H and O–H groups in total. The first kappa shape index (κ1) is 13.9. The Morgan fingerprint density at radius 1 is 1.05 bits per heavy atom. The zero-order chi connectivity index (χ0) is 13.8. The first-order chi connectivity index (χ1) is 9.79. The van der Waals surface area contributed by atoms with Crippen molar-refractivity contribution in [3.63, 3.8) is 0 Å². The molecule has 3 rings (SSSR count). The molecule has 0 spiro atoms. The van der Waals surface area contributed by atoms with E-state index in [0.29, 0.717) is 5.75 Å². The molecule has 1 aliphatic carbocycles. The quantitative estimate of drug-likeness (QED) is 0.837. The van der Waals surface area contributed by atoms with Crippen molar-refractivity contribution in [3.05, 3.63) is 29.8 Å². The van der Waals surface area contributed by atoms with Crippen LogP contribution in [-0.2, 0) is 6.54 Å². The van der Waals surface area contributed by atoms with Gasteiger partial charge in [-0.1, -0.05) is 12.1 Å². The van der Waals surface area contributed by atoms with Gasteiger partial charge in [-0.05, 0) is 68.3 Å². The maximum absolute atomic E-state index is 9.61. The van der Waals surface area contributed by atoms with Gasteiger partial charge in [-0.3, -0.25) is 4.90 Å². The fraction of sp³-hybridized carbons (Fsp3) is 0.647. The van der Waals surface area contributed by atoms with E-state index in [1.165, 1.54) is 57.4 Å². The third-order valence-electron chi connectivity index (χ3n) is 4.51. The second-order valence-corrected chi connectivity index (χ2v) is 6.50. The van der Waals surface area contributed by atoms with Crippen LogP contribution in [0.15, 0.2) is 24.3 Å². The van der Waals surface area contributed by atoms with Crippen molar-refractivity contribution in [2.24, 2.45) is 11.8 Å². The third-order valence-corrected chi connectivity index (χ3v) is 4.51. The van der Waals surface area contributed by atoms with Gasteiger partial charge in [0.05, 0.1) is 0 Å². The van der Waals surface area contributed by atoms with E-state index in [1.54, 1.807) is 6.07 Å². The van der Waals surface area contributed by atoms with Crippen LogP contribution in [0, 0.1) is 11.8 Å². The second kappa shape index (κ2) is 6.59. The Bertz CT molecular complexity index is 425. The monoisotopic (exact) mass is 274 g/mol. The lowest BCUT2D eigenvalue weighted by molar-refractivity contribution is 0.191. The molecule has 0 radical (unpaired) electrons. The number of rotatable bonds is 6. The summed E-state index contributed by atoms with van der Waals surface area (Å²) in [6.07, 6.45) is 5.42. The van der Waals surface area contributed by atoms with Gasteiger partial charge < -0.3 is 10.4 Å². The number of hydrogen-bond donors (Lipinski definition) is 2. The molecule has 1 saturated carbocycles. The van der Waals surface area contributed by atoms with Crippen LogP contribution in [0.5, 0.6) is 5.75 Å². The molecule has 0 unspecified atom stereocenters. The maximum Gasteiger partial charge on any atom is 0.115 e. The zero-order valence-electron chi connectivity index (χ0n) is 12.2. The van der Waals surface area contributed by atoms with Gasteiger partial charge in [-0.2, -0.15) is 0 Å². The Kier molecular flexibility index (Phi) is 4.58. The van der Waals surface area contributed by atoms with Crippen LogP contribution in [0.1, 0.15) is 31.2 Å². The Hall–Kier alpha value is -1.06. The molecule has 1 saturated heterocycles. The molecule has 1 aromatic rings. The molecule has 0 aromatic heterocycles. The summed E-state index contributed by atoms with van der Waals surface area (Å²) in [5.41, 5.74) is 1.24. The number of phenolic OH excluding ortho intramolecular Hbond substituents is 1. The average Bonchev–Trinajstić information content (AvgIpc) is 3.24. The summed E-state index contributed by atoms with van der Waals surface area (Å²) in [5, 5.41) is 13.1. The standard InChI is InChI=1S/C17H26N2O/c20-17-3-1-2-16(10-17)13-19(11-14-4-5-14)12-15-6-8-18-9-7-15/h1-3,10,14-15,18,20H,4-9,11-13H2. The van der Waals surface area contributed by atoms with Crippen LogP contribution in [0.2, 0.25) is 0 Å². The van der Waals surface area contributed by atoms with E-state index in [2.05, 4.69) is 16.3 Å². The molecule has 2 fully saturated rings. The van der Waals surface area contributed by atoms with Crippen LogP contribution in [-0.4, -0.2) is 36.2 Å². The minimum absolute atomic E-state index is 0.385. The molecule has 0 atom stereocenters. The van der Waals surface area contributed by atoms with Gasteiger partial charge in [-0.25, -0.2) is 0 Å². The van der Waals surface area contributed by atoms with Crippen LogP contribution in [0.3, 0.4) is 0 Å². The molecular weight excluding hydrogens is 248 g/mol. The fourth-order valence-electron chi connectivity index (χ4n) is 3.21. The summed E-state index contributed by atoms with van der Waals surface area (Å²) in [5.74, 6) is 2.15. The van der Waals surface area contributed by atoms with Crippen LogP contribution >= 0.6 is 0 Å². The number of nitrogens with one attached hydrogen (secondary N) is 1. The molecule has 3 heteroatoms. The predicted molar refractivity (Wildman–Crippen MR) is 81.7 cm³/mol. The lowest BCUT2D eigenvalue weighted by Gasteiger charge is -2.30. The summed E-state index contributed by atoms with van der Waals surface area (Å²) in [7, 11) is 0.